The lowest BCUT2D eigenvalue weighted by atomic mass is 9.76. The van der Waals surface area contributed by atoms with Crippen LogP contribution in [0.5, 0.6) is 0 Å². The molecule has 0 unspecified atom stereocenters. The number of fused-ring (bicyclic) bond motifs is 2. The minimum Gasteiger partial charge on any atom is -0.480 e. The third kappa shape index (κ3) is 17.1. The molecule has 74 heavy (non-hydrogen) atoms. The average Bonchev–Trinajstić information content (AvgIpc) is 4.05. The number of Topliss-reactive ketones (excluding diaryl/α,β-unsaturated/α-hetero) is 1. The van der Waals surface area contributed by atoms with Crippen LogP contribution in [0.15, 0.2) is 60.7 Å². The first-order valence-corrected chi connectivity index (χ1v) is 28.7. The van der Waals surface area contributed by atoms with Gasteiger partial charge in [-0.1, -0.05) is 99.2 Å². The van der Waals surface area contributed by atoms with Crippen molar-refractivity contribution in [1.29, 1.82) is 0 Å². The van der Waals surface area contributed by atoms with Gasteiger partial charge in [-0.15, -0.1) is 0 Å². The molecule has 4 N–H and O–H groups in total. The number of carbonyl (C=O) groups excluding carboxylic acids is 4. The topological polar surface area (TPSA) is 169 Å². The predicted octanol–water partition coefficient (Wildman–Crippen LogP) is 8.30. The number of likely N-dealkylation sites (tertiary alicyclic amines) is 4. The van der Waals surface area contributed by atoms with Crippen LogP contribution >= 0.6 is 0 Å². The van der Waals surface area contributed by atoms with Crippen LogP contribution in [0.25, 0.3) is 0 Å². The highest BCUT2D eigenvalue weighted by Crippen LogP contribution is 2.39. The summed E-state index contributed by atoms with van der Waals surface area (Å²) in [4.78, 5) is 72.4. The van der Waals surface area contributed by atoms with Crippen molar-refractivity contribution in [3.05, 3.63) is 71.8 Å². The van der Waals surface area contributed by atoms with Gasteiger partial charge in [0.25, 0.3) is 0 Å². The van der Waals surface area contributed by atoms with Crippen molar-refractivity contribution < 1.29 is 33.8 Å². The fraction of sp³-hybridized carbons (Fsp3) is 0.717. The summed E-state index contributed by atoms with van der Waals surface area (Å²) in [6.07, 6.45) is 18.6. The number of nitrogens with one attached hydrogen (secondary N) is 1. The molecule has 2 aromatic rings. The summed E-state index contributed by atoms with van der Waals surface area (Å²) < 4.78 is 4.99. The fourth-order valence-electron chi connectivity index (χ4n) is 12.5. The number of hydrogen-bond donors (Lipinski definition) is 3. The summed E-state index contributed by atoms with van der Waals surface area (Å²) >= 11 is 0. The lowest BCUT2D eigenvalue weighted by Gasteiger charge is -2.40. The normalized spacial score (nSPS) is 24.4. The van der Waals surface area contributed by atoms with Gasteiger partial charge in [0, 0.05) is 70.7 Å². The zero-order valence-corrected chi connectivity index (χ0v) is 46.4. The molecule has 2 saturated carbocycles. The number of ketones is 1. The Hall–Kier alpha value is -4.37. The Labute approximate surface area is 444 Å². The number of amides is 3. The van der Waals surface area contributed by atoms with E-state index in [1.807, 2.05) is 14.0 Å². The van der Waals surface area contributed by atoms with Crippen molar-refractivity contribution in [2.45, 2.75) is 180 Å². The van der Waals surface area contributed by atoms with Crippen molar-refractivity contribution in [3.63, 3.8) is 0 Å². The predicted molar refractivity (Wildman–Crippen MR) is 293 cm³/mol. The minimum atomic E-state index is -1.06. The van der Waals surface area contributed by atoms with Gasteiger partial charge in [0.05, 0.1) is 12.1 Å². The van der Waals surface area contributed by atoms with Crippen LogP contribution in [0.3, 0.4) is 0 Å². The zero-order valence-electron chi connectivity index (χ0n) is 46.4. The summed E-state index contributed by atoms with van der Waals surface area (Å²) in [6, 6.07) is 20.8. The van der Waals surface area contributed by atoms with Gasteiger partial charge in [0.15, 0.2) is 0 Å². The minimum absolute atomic E-state index is 0.132. The largest absolute Gasteiger partial charge is 0.480 e. The molecule has 412 valence electrons. The molecule has 2 aromatic carbocycles. The molecule has 0 bridgehead atoms. The SMILES string of the molecule is CN[C@@H](C)C(=O)C[C@H](C(=O)N1CC[C@H]2CCN(CCc3ccccc3)C[C@H]21)C1CCCCC1.C[C@@H](C(=O)O)N(C)C(=O)OC(C)(C)C.N[C@H](C(=O)N1CC[C@H]2CCN(CCc3ccccc3)C[C@H]21)C1CCCCC1. The van der Waals surface area contributed by atoms with E-state index in [0.717, 1.165) is 95.7 Å². The Bertz CT molecular complexity index is 2060. The number of nitrogens with two attached hydrogens (primary N) is 1. The molecule has 0 radical (unpaired) electrons. The van der Waals surface area contributed by atoms with E-state index >= 15 is 0 Å². The average molecular weight is 1030 g/mol. The van der Waals surface area contributed by atoms with Crippen LogP contribution in [0.4, 0.5) is 4.79 Å². The maximum absolute atomic E-state index is 14.0. The molecule has 0 spiro atoms. The third-order valence-corrected chi connectivity index (χ3v) is 17.5. The number of benzene rings is 2. The number of ether oxygens (including phenoxy) is 1. The summed E-state index contributed by atoms with van der Waals surface area (Å²) in [5.41, 5.74) is 8.63. The summed E-state index contributed by atoms with van der Waals surface area (Å²) in [5.74, 6) is 1.59. The van der Waals surface area contributed by atoms with Crippen LogP contribution in [0.2, 0.25) is 0 Å². The summed E-state index contributed by atoms with van der Waals surface area (Å²) in [7, 11) is 3.23. The molecule has 14 nitrogen and oxygen atoms in total. The summed E-state index contributed by atoms with van der Waals surface area (Å²) in [6.45, 7) is 16.8. The standard InChI is InChI=1S/C28H43N3O2.C23H35N3O.C9H17NO4/c1-21(29-2)27(32)19-25(23-11-7-4-8-12-23)28(33)31-18-15-24-14-17-30(20-26(24)31)16-13-22-9-5-3-6-10-22;24-22(20-9-5-2-6-10-20)23(27)26-16-13-19-12-15-25(17-21(19)26)14-11-18-7-3-1-4-8-18;1-6(7(11)12)10(5)8(13)14-9(2,3)4/h3,5-6,9-10,21,23-26,29H,4,7-8,11-20H2,1-2H3;1,3-4,7-8,19-22H,2,5-6,9-17,24H2;6H,1-5H3,(H,11,12)/t21-,24+,25-,26+;19-,21-,22+;6-/m010/s1. The molecular weight excluding hydrogens is 931 g/mol. The first kappa shape index (κ1) is 58.9. The van der Waals surface area contributed by atoms with Gasteiger partial charge in [-0.05, 0) is 154 Å². The molecule has 4 heterocycles. The van der Waals surface area contributed by atoms with Crippen LogP contribution in [0, 0.1) is 29.6 Å². The number of carboxylic acids is 1. The van der Waals surface area contributed by atoms with E-state index in [1.165, 1.54) is 89.4 Å². The number of aliphatic carboxylic acids is 1. The van der Waals surface area contributed by atoms with Crippen molar-refractivity contribution >= 4 is 29.7 Å². The Balaban J connectivity index is 0.000000196. The molecule has 2 aliphatic carbocycles. The zero-order chi connectivity index (χ0) is 53.4. The lowest BCUT2D eigenvalue weighted by Crippen LogP contribution is -2.55. The van der Waals surface area contributed by atoms with E-state index in [1.54, 1.807) is 20.8 Å². The maximum Gasteiger partial charge on any atom is 0.410 e. The van der Waals surface area contributed by atoms with Crippen LogP contribution in [0.1, 0.15) is 142 Å². The molecule has 6 fully saturated rings. The lowest BCUT2D eigenvalue weighted by molar-refractivity contribution is -0.143. The van der Waals surface area contributed by atoms with E-state index in [2.05, 4.69) is 85.6 Å². The van der Waals surface area contributed by atoms with E-state index < -0.39 is 23.7 Å². The van der Waals surface area contributed by atoms with Crippen molar-refractivity contribution in [2.75, 3.05) is 66.5 Å². The fourth-order valence-corrected chi connectivity index (χ4v) is 12.5. The van der Waals surface area contributed by atoms with E-state index in [0.29, 0.717) is 42.2 Å². The summed E-state index contributed by atoms with van der Waals surface area (Å²) in [5, 5.41) is 11.7. The number of hydrogen-bond acceptors (Lipinski definition) is 10. The highest BCUT2D eigenvalue weighted by molar-refractivity contribution is 5.90. The van der Waals surface area contributed by atoms with E-state index in [4.69, 9.17) is 15.6 Å². The van der Waals surface area contributed by atoms with Crippen LogP contribution < -0.4 is 11.1 Å². The van der Waals surface area contributed by atoms with E-state index in [9.17, 15) is 24.0 Å². The van der Waals surface area contributed by atoms with Gasteiger partial charge in [-0.2, -0.15) is 0 Å². The number of rotatable bonds is 16. The number of nitrogens with zero attached hydrogens (tertiary/aromatic N) is 5. The molecule has 14 heteroatoms. The first-order chi connectivity index (χ1) is 35.4. The smallest absolute Gasteiger partial charge is 0.410 e. The highest BCUT2D eigenvalue weighted by atomic mass is 16.6. The van der Waals surface area contributed by atoms with Gasteiger partial charge >= 0.3 is 12.1 Å². The monoisotopic (exact) mass is 1030 g/mol. The molecule has 6 aliphatic rings. The second-order valence-corrected chi connectivity index (χ2v) is 23.7. The van der Waals surface area contributed by atoms with Gasteiger partial charge in [-0.3, -0.25) is 19.3 Å². The Kier molecular flexibility index (Phi) is 22.8. The van der Waals surface area contributed by atoms with Crippen molar-refractivity contribution in [3.8, 4) is 0 Å². The molecular formula is C60H95N7O7. The molecule has 4 aliphatic heterocycles. The first-order valence-electron chi connectivity index (χ1n) is 28.7. The van der Waals surface area contributed by atoms with Crippen molar-refractivity contribution in [2.24, 2.45) is 35.3 Å². The van der Waals surface area contributed by atoms with Gasteiger partial charge in [0.2, 0.25) is 11.8 Å². The molecule has 8 atom stereocenters. The Morgan fingerprint density at radius 3 is 1.57 bits per heavy atom. The third-order valence-electron chi connectivity index (χ3n) is 17.5. The number of carboxylic acid groups (broad SMARTS) is 1. The molecule has 0 aromatic heterocycles. The van der Waals surface area contributed by atoms with E-state index in [-0.39, 0.29) is 35.6 Å². The second kappa shape index (κ2) is 28.7. The van der Waals surface area contributed by atoms with Gasteiger partial charge < -0.3 is 40.5 Å². The molecule has 4 saturated heterocycles. The number of carbonyl (C=O) groups is 5. The number of likely N-dealkylation sites (N-methyl/N-ethyl adjacent to an activating group) is 2. The molecule has 8 rings (SSSR count). The van der Waals surface area contributed by atoms with Crippen molar-refractivity contribution in [1.82, 2.24) is 29.8 Å². The number of piperidine rings is 2. The second-order valence-electron chi connectivity index (χ2n) is 23.7. The van der Waals surface area contributed by atoms with Gasteiger partial charge in [0.1, 0.15) is 17.4 Å². The highest BCUT2D eigenvalue weighted by Gasteiger charge is 2.45. The molecule has 3 amide bonds. The Morgan fingerprint density at radius 2 is 1.12 bits per heavy atom. The quantitative estimate of drug-likeness (QED) is 0.148. The van der Waals surface area contributed by atoms with Gasteiger partial charge in [-0.25, -0.2) is 9.59 Å². The maximum atomic E-state index is 14.0. The van der Waals surface area contributed by atoms with Crippen LogP contribution in [-0.2, 0) is 36.8 Å². The Morgan fingerprint density at radius 1 is 0.676 bits per heavy atom. The van der Waals surface area contributed by atoms with Crippen LogP contribution in [-0.4, -0.2) is 162 Å².